The minimum Gasteiger partial charge on any atom is -0.508 e. The largest absolute Gasteiger partial charge is 0.508 e. The Hall–Kier alpha value is -2.36. The van der Waals surface area contributed by atoms with E-state index in [0.29, 0.717) is 13.0 Å². The molecule has 0 unspecified atom stereocenters. The second kappa shape index (κ2) is 6.00. The van der Waals surface area contributed by atoms with E-state index in [2.05, 4.69) is 9.98 Å². The molecule has 0 saturated carbocycles. The Bertz CT molecular complexity index is 584. The predicted octanol–water partition coefficient (Wildman–Crippen LogP) is 2.28. The molecule has 2 rings (SSSR count). The van der Waals surface area contributed by atoms with Gasteiger partial charge in [-0.1, -0.05) is 18.2 Å². The molecule has 98 valence electrons. The number of hydrogen-bond acceptors (Lipinski definition) is 4. The molecule has 0 amide bonds. The van der Waals surface area contributed by atoms with E-state index >= 15 is 0 Å². The number of aliphatic imine (C=N–C) groups is 2. The van der Waals surface area contributed by atoms with Gasteiger partial charge in [0.15, 0.2) is 0 Å². The summed E-state index contributed by atoms with van der Waals surface area (Å²) in [5, 5.41) is 18.9. The van der Waals surface area contributed by atoms with Gasteiger partial charge in [0.1, 0.15) is 11.5 Å². The monoisotopic (exact) mass is 256 g/mol. The highest BCUT2D eigenvalue weighted by Gasteiger charge is 2.05. The van der Waals surface area contributed by atoms with Crippen LogP contribution in [0.3, 0.4) is 0 Å². The van der Waals surface area contributed by atoms with Gasteiger partial charge >= 0.3 is 0 Å². The number of hydrogen-bond donors (Lipinski definition) is 2. The minimum absolute atomic E-state index is 0.0633. The minimum atomic E-state index is 0.0633. The predicted molar refractivity (Wildman–Crippen MR) is 77.4 cm³/mol. The zero-order valence-electron chi connectivity index (χ0n) is 10.7. The molecular weight excluding hydrogens is 240 g/mol. The summed E-state index contributed by atoms with van der Waals surface area (Å²) in [5.41, 5.74) is 2.48. The van der Waals surface area contributed by atoms with Crippen LogP contribution in [0.2, 0.25) is 0 Å². The summed E-state index contributed by atoms with van der Waals surface area (Å²) in [6.45, 7) is 0.560. The van der Waals surface area contributed by atoms with E-state index in [9.17, 15) is 10.2 Å². The standard InChI is InChI=1S/C15H16N2O2/c1-16-13-4-2-3-5-14(13)17-9-8-11-6-7-12(18)10-15(11)19/h2-7,10,18-19H,8-9H2,1H3. The highest BCUT2D eigenvalue weighted by molar-refractivity contribution is 6.51. The van der Waals surface area contributed by atoms with Crippen molar-refractivity contribution < 1.29 is 10.2 Å². The van der Waals surface area contributed by atoms with Crippen molar-refractivity contribution in [1.82, 2.24) is 0 Å². The molecule has 0 bridgehead atoms. The van der Waals surface area contributed by atoms with Gasteiger partial charge in [0, 0.05) is 19.7 Å². The molecule has 0 heterocycles. The molecule has 0 atom stereocenters. The highest BCUT2D eigenvalue weighted by Crippen LogP contribution is 2.22. The summed E-state index contributed by atoms with van der Waals surface area (Å²) in [4.78, 5) is 8.62. The third kappa shape index (κ3) is 3.31. The molecule has 2 N–H and O–H groups in total. The van der Waals surface area contributed by atoms with Crippen LogP contribution in [0.15, 0.2) is 52.5 Å². The molecule has 1 aliphatic rings. The van der Waals surface area contributed by atoms with Gasteiger partial charge in [-0.05, 0) is 30.2 Å². The molecule has 1 aromatic carbocycles. The second-order valence-electron chi connectivity index (χ2n) is 4.16. The molecule has 0 saturated heterocycles. The van der Waals surface area contributed by atoms with E-state index < -0.39 is 0 Å². The quantitative estimate of drug-likeness (QED) is 0.815. The maximum Gasteiger partial charge on any atom is 0.122 e. The van der Waals surface area contributed by atoms with Crippen molar-refractivity contribution in [2.75, 3.05) is 13.6 Å². The van der Waals surface area contributed by atoms with E-state index in [4.69, 9.17) is 0 Å². The van der Waals surface area contributed by atoms with Crippen molar-refractivity contribution in [2.45, 2.75) is 6.42 Å². The second-order valence-corrected chi connectivity index (χ2v) is 4.16. The lowest BCUT2D eigenvalue weighted by molar-refractivity contribution is 0.446. The van der Waals surface area contributed by atoms with Gasteiger partial charge in [-0.25, -0.2) is 0 Å². The molecule has 0 radical (unpaired) electrons. The molecule has 1 aromatic rings. The van der Waals surface area contributed by atoms with Gasteiger partial charge in [0.25, 0.3) is 0 Å². The van der Waals surface area contributed by atoms with Crippen molar-refractivity contribution in [1.29, 1.82) is 0 Å². The van der Waals surface area contributed by atoms with Crippen LogP contribution in [-0.4, -0.2) is 35.2 Å². The molecular formula is C15H16N2O2. The van der Waals surface area contributed by atoms with Crippen LogP contribution >= 0.6 is 0 Å². The Morgan fingerprint density at radius 2 is 1.79 bits per heavy atom. The number of allylic oxidation sites excluding steroid dienone is 4. The molecule has 0 spiro atoms. The van der Waals surface area contributed by atoms with E-state index in [1.54, 1.807) is 19.2 Å². The van der Waals surface area contributed by atoms with Crippen LogP contribution in [0, 0.1) is 0 Å². The SMILES string of the molecule is CN=C1C=CC=CC1=NCCc1ccc(O)cc1O. The van der Waals surface area contributed by atoms with Crippen LogP contribution in [0.5, 0.6) is 11.5 Å². The lowest BCUT2D eigenvalue weighted by Gasteiger charge is -2.06. The van der Waals surface area contributed by atoms with Gasteiger partial charge in [-0.3, -0.25) is 9.98 Å². The van der Waals surface area contributed by atoms with Crippen molar-refractivity contribution in [3.05, 3.63) is 48.1 Å². The normalized spacial score (nSPS) is 18.4. The molecule has 4 heteroatoms. The Labute approximate surface area is 112 Å². The van der Waals surface area contributed by atoms with E-state index in [0.717, 1.165) is 17.0 Å². The van der Waals surface area contributed by atoms with Crippen LogP contribution < -0.4 is 0 Å². The first-order valence-electron chi connectivity index (χ1n) is 6.08. The third-order valence-electron chi connectivity index (χ3n) is 2.85. The van der Waals surface area contributed by atoms with Crippen LogP contribution in [0.25, 0.3) is 0 Å². The summed E-state index contributed by atoms with van der Waals surface area (Å²) in [6.07, 6.45) is 8.29. The summed E-state index contributed by atoms with van der Waals surface area (Å²) in [7, 11) is 1.74. The van der Waals surface area contributed by atoms with E-state index in [1.165, 1.54) is 6.07 Å². The molecule has 1 aliphatic carbocycles. The average molecular weight is 256 g/mol. The summed E-state index contributed by atoms with van der Waals surface area (Å²) < 4.78 is 0. The van der Waals surface area contributed by atoms with Gasteiger partial charge in [0.2, 0.25) is 0 Å². The fourth-order valence-electron chi connectivity index (χ4n) is 1.85. The highest BCUT2D eigenvalue weighted by atomic mass is 16.3. The summed E-state index contributed by atoms with van der Waals surface area (Å²) in [5.74, 6) is 0.164. The van der Waals surface area contributed by atoms with Crippen molar-refractivity contribution >= 4 is 11.4 Å². The average Bonchev–Trinajstić information content (AvgIpc) is 2.42. The van der Waals surface area contributed by atoms with E-state index in [-0.39, 0.29) is 11.5 Å². The fraction of sp³-hybridized carbons (Fsp3) is 0.200. The van der Waals surface area contributed by atoms with Crippen molar-refractivity contribution in [3.63, 3.8) is 0 Å². The molecule has 0 aromatic heterocycles. The first-order valence-corrected chi connectivity index (χ1v) is 6.08. The Kier molecular flexibility index (Phi) is 4.13. The zero-order chi connectivity index (χ0) is 13.7. The number of rotatable bonds is 3. The topological polar surface area (TPSA) is 65.2 Å². The number of nitrogens with zero attached hydrogens (tertiary/aromatic N) is 2. The zero-order valence-corrected chi connectivity index (χ0v) is 10.7. The lowest BCUT2D eigenvalue weighted by Crippen LogP contribution is -2.12. The lowest BCUT2D eigenvalue weighted by atomic mass is 10.1. The third-order valence-corrected chi connectivity index (χ3v) is 2.85. The maximum atomic E-state index is 9.67. The number of phenols is 2. The number of phenolic OH excluding ortho intramolecular Hbond substituents is 2. The summed E-state index contributed by atoms with van der Waals surface area (Å²) >= 11 is 0. The van der Waals surface area contributed by atoms with Crippen LogP contribution in [0.4, 0.5) is 0 Å². The van der Waals surface area contributed by atoms with Gasteiger partial charge in [-0.2, -0.15) is 0 Å². The smallest absolute Gasteiger partial charge is 0.122 e. The fourth-order valence-corrected chi connectivity index (χ4v) is 1.85. The van der Waals surface area contributed by atoms with E-state index in [1.807, 2.05) is 24.3 Å². The Balaban J connectivity index is 2.03. The molecule has 0 aliphatic heterocycles. The van der Waals surface area contributed by atoms with Crippen molar-refractivity contribution in [2.24, 2.45) is 9.98 Å². The Morgan fingerprint density at radius 3 is 2.47 bits per heavy atom. The van der Waals surface area contributed by atoms with Gasteiger partial charge in [-0.15, -0.1) is 0 Å². The van der Waals surface area contributed by atoms with Gasteiger partial charge < -0.3 is 10.2 Å². The van der Waals surface area contributed by atoms with Crippen molar-refractivity contribution in [3.8, 4) is 11.5 Å². The molecule has 19 heavy (non-hydrogen) atoms. The Morgan fingerprint density at radius 1 is 1.05 bits per heavy atom. The van der Waals surface area contributed by atoms with Crippen LogP contribution in [-0.2, 0) is 6.42 Å². The van der Waals surface area contributed by atoms with Crippen LogP contribution in [0.1, 0.15) is 5.56 Å². The molecule has 0 fully saturated rings. The van der Waals surface area contributed by atoms with Gasteiger partial charge in [0.05, 0.1) is 11.4 Å². The number of aromatic hydroxyl groups is 2. The molecule has 4 nitrogen and oxygen atoms in total. The number of benzene rings is 1. The first kappa shape index (κ1) is 13.1. The maximum absolute atomic E-state index is 9.67. The first-order chi connectivity index (χ1) is 9.20. The summed E-state index contributed by atoms with van der Waals surface area (Å²) in [6, 6.07) is 4.60.